The average Bonchev–Trinajstić information content (AvgIpc) is 3.43. The Balaban J connectivity index is 1.43. The molecule has 0 unspecified atom stereocenters. The van der Waals surface area contributed by atoms with Gasteiger partial charge in [-0.2, -0.15) is 0 Å². The van der Waals surface area contributed by atoms with E-state index < -0.39 is 17.8 Å². The van der Waals surface area contributed by atoms with Gasteiger partial charge in [0, 0.05) is 25.0 Å². The van der Waals surface area contributed by atoms with E-state index in [1.54, 1.807) is 12.1 Å². The number of hydrogen-bond donors (Lipinski definition) is 0. The molecule has 0 aromatic heterocycles. The number of ether oxygens (including phenoxy) is 3. The van der Waals surface area contributed by atoms with Crippen LogP contribution in [0.4, 0.5) is 0 Å². The van der Waals surface area contributed by atoms with Gasteiger partial charge in [-0.05, 0) is 67.4 Å². The van der Waals surface area contributed by atoms with Crippen molar-refractivity contribution in [1.29, 1.82) is 0 Å². The van der Waals surface area contributed by atoms with Gasteiger partial charge in [0.25, 0.3) is 0 Å². The van der Waals surface area contributed by atoms with Crippen molar-refractivity contribution in [3.05, 3.63) is 35.9 Å². The Morgan fingerprint density at radius 1 is 1.15 bits per heavy atom. The number of esters is 1. The van der Waals surface area contributed by atoms with Gasteiger partial charge in [-0.1, -0.05) is 38.5 Å². The second kappa shape index (κ2) is 7.39. The van der Waals surface area contributed by atoms with Crippen LogP contribution in [0.15, 0.2) is 30.3 Å². The highest BCUT2D eigenvalue weighted by molar-refractivity contribution is 5.89. The van der Waals surface area contributed by atoms with Crippen molar-refractivity contribution in [2.75, 3.05) is 13.2 Å². The van der Waals surface area contributed by atoms with Crippen LogP contribution in [0.3, 0.4) is 0 Å². The maximum Gasteiger partial charge on any atom is 0.338 e. The molecule has 1 heterocycles. The normalized spacial score (nSPS) is 47.9. The molecule has 5 fully saturated rings. The Morgan fingerprint density at radius 3 is 2.64 bits per heavy atom. The molecular formula is C28H36O5. The van der Waals surface area contributed by atoms with Crippen molar-refractivity contribution in [3.8, 4) is 0 Å². The topological polar surface area (TPSA) is 61.8 Å². The first-order valence-electron chi connectivity index (χ1n) is 13.2. The number of fused-ring (bicyclic) bond motifs is 3. The maximum absolute atomic E-state index is 13.2. The van der Waals surface area contributed by atoms with Crippen molar-refractivity contribution < 1.29 is 25.2 Å². The molecule has 1 aromatic carbocycles. The standard InChI is InChI=1S/C28H36O5/c1-25-11-12-27(18-25)21(16-28(25)31-13-14-32-28)15-22(33-24(30)19-7-4-3-5-8-19)23-20(17-29)9-6-10-26(23,27)2/h3-5,7-8,17,20-23H,6,9-16,18H2,1-2H3/t20-,21-,22+,23+,25-,26-,27-/m0/s1/i20D. The van der Waals surface area contributed by atoms with E-state index >= 15 is 0 Å². The fraction of sp³-hybridized carbons (Fsp3) is 0.714. The van der Waals surface area contributed by atoms with Crippen LogP contribution in [-0.4, -0.2) is 37.4 Å². The molecule has 0 N–H and O–H groups in total. The zero-order chi connectivity index (χ0) is 23.8. The molecule has 5 nitrogen and oxygen atoms in total. The molecular weight excluding hydrogens is 416 g/mol. The Labute approximate surface area is 197 Å². The predicted molar refractivity (Wildman–Crippen MR) is 122 cm³/mol. The van der Waals surface area contributed by atoms with E-state index in [4.69, 9.17) is 14.2 Å². The fourth-order valence-corrected chi connectivity index (χ4v) is 9.03. The van der Waals surface area contributed by atoms with Gasteiger partial charge in [-0.3, -0.25) is 0 Å². The molecule has 178 valence electrons. The highest BCUT2D eigenvalue weighted by Gasteiger charge is 2.75. The zero-order valence-electron chi connectivity index (χ0n) is 20.8. The lowest BCUT2D eigenvalue weighted by Crippen LogP contribution is -2.65. The minimum Gasteiger partial charge on any atom is -0.458 e. The van der Waals surface area contributed by atoms with Gasteiger partial charge < -0.3 is 19.0 Å². The van der Waals surface area contributed by atoms with Crippen LogP contribution < -0.4 is 0 Å². The van der Waals surface area contributed by atoms with E-state index in [1.165, 1.54) is 0 Å². The zero-order valence-corrected chi connectivity index (χ0v) is 19.8. The molecule has 2 spiro atoms. The van der Waals surface area contributed by atoms with Crippen LogP contribution in [-0.2, 0) is 19.0 Å². The Kier molecular flexibility index (Phi) is 4.62. The van der Waals surface area contributed by atoms with E-state index in [1.807, 2.05) is 18.2 Å². The minimum absolute atomic E-state index is 0.0123. The first kappa shape index (κ1) is 20.6. The summed E-state index contributed by atoms with van der Waals surface area (Å²) in [5, 5.41) is 0. The Hall–Kier alpha value is -1.72. The second-order valence-corrected chi connectivity index (χ2v) is 11.7. The molecule has 7 atom stereocenters. The highest BCUT2D eigenvalue weighted by atomic mass is 16.7. The van der Waals surface area contributed by atoms with Gasteiger partial charge in [-0.25, -0.2) is 4.79 Å². The molecule has 2 bridgehead atoms. The summed E-state index contributed by atoms with van der Waals surface area (Å²) in [6, 6.07) is 9.06. The SMILES string of the molecule is [2H][C@@]1(C=O)CCC[C@@]2(C)[C@H]1[C@H](OC(=O)c1ccccc1)C[C@H]1CC3(OCCO3)[C@@]3(C)CC[C@]12C3. The van der Waals surface area contributed by atoms with E-state index in [0.717, 1.165) is 44.8 Å². The lowest BCUT2D eigenvalue weighted by Gasteiger charge is -2.67. The predicted octanol–water partition coefficient (Wildman–Crippen LogP) is 5.18. The molecule has 1 aliphatic heterocycles. The monoisotopic (exact) mass is 453 g/mol. The largest absolute Gasteiger partial charge is 0.458 e. The average molecular weight is 454 g/mol. The summed E-state index contributed by atoms with van der Waals surface area (Å²) in [5.41, 5.74) is 0.206. The molecule has 4 aliphatic carbocycles. The number of aldehydes is 1. The summed E-state index contributed by atoms with van der Waals surface area (Å²) in [6.45, 7) is 5.88. The van der Waals surface area contributed by atoms with Crippen molar-refractivity contribution in [2.24, 2.45) is 34.0 Å². The highest BCUT2D eigenvalue weighted by Crippen LogP contribution is 2.77. The lowest BCUT2D eigenvalue weighted by atomic mass is 9.39. The van der Waals surface area contributed by atoms with Crippen LogP contribution in [0.2, 0.25) is 0 Å². The Morgan fingerprint density at radius 2 is 1.91 bits per heavy atom. The van der Waals surface area contributed by atoms with Gasteiger partial charge >= 0.3 is 5.97 Å². The summed E-state index contributed by atoms with van der Waals surface area (Å²) in [7, 11) is 0. The van der Waals surface area contributed by atoms with Crippen LogP contribution >= 0.6 is 0 Å². The van der Waals surface area contributed by atoms with Gasteiger partial charge in [0.05, 0.1) is 18.8 Å². The summed E-state index contributed by atoms with van der Waals surface area (Å²) < 4.78 is 28.2. The third-order valence-electron chi connectivity index (χ3n) is 10.5. The van der Waals surface area contributed by atoms with Crippen molar-refractivity contribution in [2.45, 2.75) is 77.1 Å². The number of rotatable bonds is 3. The Bertz CT molecular complexity index is 992. The van der Waals surface area contributed by atoms with E-state index in [2.05, 4.69) is 13.8 Å². The minimum atomic E-state index is -1.23. The van der Waals surface area contributed by atoms with E-state index in [9.17, 15) is 11.0 Å². The van der Waals surface area contributed by atoms with Gasteiger partial charge in [0.1, 0.15) is 12.4 Å². The van der Waals surface area contributed by atoms with Gasteiger partial charge in [-0.15, -0.1) is 0 Å². The molecule has 6 rings (SSSR count). The van der Waals surface area contributed by atoms with Crippen LogP contribution in [0.5, 0.6) is 0 Å². The molecule has 0 amide bonds. The molecule has 0 radical (unpaired) electrons. The summed E-state index contributed by atoms with van der Waals surface area (Å²) in [4.78, 5) is 25.6. The second-order valence-electron chi connectivity index (χ2n) is 11.7. The molecule has 33 heavy (non-hydrogen) atoms. The van der Waals surface area contributed by atoms with Crippen LogP contribution in [0.1, 0.15) is 76.9 Å². The third-order valence-corrected chi connectivity index (χ3v) is 10.5. The van der Waals surface area contributed by atoms with E-state index in [0.29, 0.717) is 31.6 Å². The lowest BCUT2D eigenvalue weighted by molar-refractivity contribution is -0.292. The fourth-order valence-electron chi connectivity index (χ4n) is 9.03. The number of carbonyl (C=O) groups excluding carboxylic acids is 2. The van der Waals surface area contributed by atoms with Crippen molar-refractivity contribution in [3.63, 3.8) is 0 Å². The van der Waals surface area contributed by atoms with E-state index in [-0.39, 0.29) is 34.1 Å². The first-order valence-corrected chi connectivity index (χ1v) is 12.7. The van der Waals surface area contributed by atoms with Crippen molar-refractivity contribution in [1.82, 2.24) is 0 Å². The molecule has 4 saturated carbocycles. The summed E-state index contributed by atoms with van der Waals surface area (Å²) in [6.07, 6.45) is 7.28. The first-order chi connectivity index (χ1) is 16.2. The van der Waals surface area contributed by atoms with Crippen LogP contribution in [0.25, 0.3) is 0 Å². The number of benzene rings is 1. The maximum atomic E-state index is 13.2. The summed E-state index contributed by atoms with van der Waals surface area (Å²) >= 11 is 0. The quantitative estimate of drug-likeness (QED) is 0.466. The van der Waals surface area contributed by atoms with Gasteiger partial charge in [0.2, 0.25) is 0 Å². The molecule has 5 aliphatic rings. The number of carbonyl (C=O) groups is 2. The van der Waals surface area contributed by atoms with Gasteiger partial charge in [0.15, 0.2) is 5.79 Å². The number of hydrogen-bond acceptors (Lipinski definition) is 5. The smallest absolute Gasteiger partial charge is 0.338 e. The molecule has 1 aromatic rings. The van der Waals surface area contributed by atoms with Crippen molar-refractivity contribution >= 4 is 12.3 Å². The van der Waals surface area contributed by atoms with Crippen LogP contribution in [0, 0.1) is 34.0 Å². The third kappa shape index (κ3) is 2.84. The molecule has 1 saturated heterocycles. The molecule has 5 heteroatoms. The summed E-state index contributed by atoms with van der Waals surface area (Å²) in [5.74, 6) is -2.20.